The second-order valence-corrected chi connectivity index (χ2v) is 5.51. The molecule has 0 amide bonds. The summed E-state index contributed by atoms with van der Waals surface area (Å²) < 4.78 is 41.0. The fourth-order valence-electron chi connectivity index (χ4n) is 0.958. The first-order valence-corrected chi connectivity index (χ1v) is 5.82. The van der Waals surface area contributed by atoms with Gasteiger partial charge in [-0.2, -0.15) is 0 Å². The summed E-state index contributed by atoms with van der Waals surface area (Å²) in [5.41, 5.74) is 0. The molecule has 1 heterocycles. The average molecular weight is 206 g/mol. The number of hydrogen-bond donors (Lipinski definition) is 0. The Bertz CT molecular complexity index is 235. The van der Waals surface area contributed by atoms with Crippen molar-refractivity contribution in [3.8, 4) is 0 Å². The zero-order chi connectivity index (χ0) is 7.78. The minimum atomic E-state index is -2.85. The molecule has 1 atom stereocenters. The van der Waals surface area contributed by atoms with Gasteiger partial charge in [-0.1, -0.05) is 11.1 Å². The number of hydrogen-bond acceptors (Lipinski definition) is 4. The zero-order valence-electron chi connectivity index (χ0n) is 6.15. The monoisotopic (exact) mass is 206 g/mol. The van der Waals surface area contributed by atoms with Crippen molar-refractivity contribution in [2.24, 2.45) is 5.92 Å². The molecule has 0 radical (unpaired) electrons. The molecule has 7 heteroatoms. The van der Waals surface area contributed by atoms with E-state index < -0.39 is 20.9 Å². The van der Waals surface area contributed by atoms with Crippen LogP contribution in [0.3, 0.4) is 0 Å². The third-order valence-electron chi connectivity index (χ3n) is 1.35. The fraction of sp³-hybridized carbons (Fsp3) is 1.00. The normalized spacial score (nSPS) is 24.8. The van der Waals surface area contributed by atoms with Gasteiger partial charge < -0.3 is 4.55 Å². The molecule has 1 rings (SSSR count). The van der Waals surface area contributed by atoms with Crippen LogP contribution in [0.1, 0.15) is 0 Å². The summed E-state index contributed by atoms with van der Waals surface area (Å²) in [6, 6.07) is 0. The summed E-state index contributed by atoms with van der Waals surface area (Å²) in [5.74, 6) is -0.0791. The van der Waals surface area contributed by atoms with E-state index in [1.165, 1.54) is 0 Å². The average Bonchev–Trinajstić information content (AvgIpc) is 1.57. The van der Waals surface area contributed by atoms with Crippen LogP contribution in [-0.2, 0) is 20.9 Å². The van der Waals surface area contributed by atoms with Crippen molar-refractivity contribution in [1.82, 2.24) is 0 Å². The van der Waals surface area contributed by atoms with Gasteiger partial charge in [0.2, 0.25) is 0 Å². The van der Waals surface area contributed by atoms with Crippen LogP contribution in [0.25, 0.3) is 0 Å². The van der Waals surface area contributed by atoms with E-state index in [1.54, 1.807) is 0 Å². The van der Waals surface area contributed by atoms with Crippen LogP contribution >= 0.6 is 0 Å². The maximum absolute atomic E-state index is 10.5. The Morgan fingerprint density at radius 1 is 1.45 bits per heavy atom. The predicted molar refractivity (Wildman–Crippen MR) is 35.9 cm³/mol. The molecule has 4 nitrogen and oxygen atoms in total. The molecule has 0 aromatic heterocycles. The van der Waals surface area contributed by atoms with Crippen molar-refractivity contribution in [3.63, 3.8) is 0 Å². The fourth-order valence-corrected chi connectivity index (χ4v) is 3.45. The van der Waals surface area contributed by atoms with Crippen molar-refractivity contribution in [2.75, 3.05) is 17.3 Å². The van der Waals surface area contributed by atoms with E-state index >= 15 is 0 Å². The SMILES string of the molecule is O=S([O-])CC1CS(=O)(=O)C1.[Na+]. The first-order valence-electron chi connectivity index (χ1n) is 2.76. The molecule has 0 aromatic rings. The van der Waals surface area contributed by atoms with Crippen LogP contribution in [0, 0.1) is 5.92 Å². The standard InChI is InChI=1S/C4H8O4S2.Na/c5-9(6)1-4-2-10(7,8)3-4;/h4H,1-3H2,(H,5,6);/q;+1/p-1. The summed E-state index contributed by atoms with van der Waals surface area (Å²) in [6.07, 6.45) is 0. The van der Waals surface area contributed by atoms with Crippen LogP contribution in [0.2, 0.25) is 0 Å². The van der Waals surface area contributed by atoms with Crippen LogP contribution in [0.5, 0.6) is 0 Å². The largest absolute Gasteiger partial charge is 1.00 e. The van der Waals surface area contributed by atoms with E-state index in [1.807, 2.05) is 0 Å². The van der Waals surface area contributed by atoms with Gasteiger partial charge in [0.1, 0.15) is 0 Å². The Morgan fingerprint density at radius 3 is 2.18 bits per heavy atom. The Hall–Kier alpha value is 1.06. The summed E-state index contributed by atoms with van der Waals surface area (Å²) in [7, 11) is -2.85. The minimum absolute atomic E-state index is 0. The van der Waals surface area contributed by atoms with Crippen molar-refractivity contribution >= 4 is 20.9 Å². The van der Waals surface area contributed by atoms with Gasteiger partial charge in [0.05, 0.1) is 11.5 Å². The predicted octanol–water partition coefficient (Wildman–Crippen LogP) is -4.09. The first kappa shape index (κ1) is 12.1. The molecular formula is C4H7NaO4S2. The Balaban J connectivity index is 0.000001000. The van der Waals surface area contributed by atoms with Gasteiger partial charge in [0.15, 0.2) is 9.84 Å². The van der Waals surface area contributed by atoms with Crippen molar-refractivity contribution in [2.45, 2.75) is 0 Å². The van der Waals surface area contributed by atoms with E-state index in [9.17, 15) is 17.2 Å². The van der Waals surface area contributed by atoms with Gasteiger partial charge in [-0.05, 0) is 5.92 Å². The maximum atomic E-state index is 10.5. The van der Waals surface area contributed by atoms with E-state index in [0.717, 1.165) is 0 Å². The Labute approximate surface area is 90.2 Å². The van der Waals surface area contributed by atoms with E-state index in [0.29, 0.717) is 0 Å². The van der Waals surface area contributed by atoms with Crippen LogP contribution in [-0.4, -0.2) is 34.4 Å². The van der Waals surface area contributed by atoms with Gasteiger partial charge in [0, 0.05) is 5.75 Å². The van der Waals surface area contributed by atoms with Gasteiger partial charge in [-0.25, -0.2) is 8.42 Å². The van der Waals surface area contributed by atoms with Crippen LogP contribution in [0.4, 0.5) is 0 Å². The number of sulfone groups is 1. The number of rotatable bonds is 2. The summed E-state index contributed by atoms with van der Waals surface area (Å²) >= 11 is -2.09. The molecule has 11 heavy (non-hydrogen) atoms. The molecular weight excluding hydrogens is 199 g/mol. The minimum Gasteiger partial charge on any atom is -0.772 e. The Morgan fingerprint density at radius 2 is 1.91 bits per heavy atom. The van der Waals surface area contributed by atoms with Crippen LogP contribution in [0.15, 0.2) is 0 Å². The quantitative estimate of drug-likeness (QED) is 0.340. The van der Waals surface area contributed by atoms with Gasteiger partial charge in [-0.15, -0.1) is 0 Å². The molecule has 1 aliphatic heterocycles. The van der Waals surface area contributed by atoms with Crippen molar-refractivity contribution in [1.29, 1.82) is 0 Å². The molecule has 0 N–H and O–H groups in total. The zero-order valence-corrected chi connectivity index (χ0v) is 9.78. The third-order valence-corrected chi connectivity index (χ3v) is 4.05. The second-order valence-electron chi connectivity index (χ2n) is 2.41. The smallest absolute Gasteiger partial charge is 0.772 e. The van der Waals surface area contributed by atoms with Gasteiger partial charge >= 0.3 is 29.6 Å². The summed E-state index contributed by atoms with van der Waals surface area (Å²) in [5, 5.41) is 0. The summed E-state index contributed by atoms with van der Waals surface area (Å²) in [6.45, 7) is 0. The molecule has 0 aromatic carbocycles. The maximum Gasteiger partial charge on any atom is 1.00 e. The van der Waals surface area contributed by atoms with E-state index in [4.69, 9.17) is 0 Å². The van der Waals surface area contributed by atoms with Crippen molar-refractivity contribution in [3.05, 3.63) is 0 Å². The third kappa shape index (κ3) is 4.00. The molecule has 0 bridgehead atoms. The molecule has 60 valence electrons. The van der Waals surface area contributed by atoms with E-state index in [-0.39, 0.29) is 52.7 Å². The molecule has 1 saturated heterocycles. The first-order chi connectivity index (χ1) is 4.49. The molecule has 1 aliphatic rings. The van der Waals surface area contributed by atoms with Gasteiger partial charge in [-0.3, -0.25) is 4.21 Å². The van der Waals surface area contributed by atoms with Crippen LogP contribution < -0.4 is 29.6 Å². The topological polar surface area (TPSA) is 74.3 Å². The molecule has 0 spiro atoms. The Kier molecular flexibility index (Phi) is 4.76. The molecule has 0 saturated carbocycles. The molecule has 1 fully saturated rings. The van der Waals surface area contributed by atoms with E-state index in [2.05, 4.69) is 0 Å². The second kappa shape index (κ2) is 4.34. The summed E-state index contributed by atoms with van der Waals surface area (Å²) in [4.78, 5) is 0. The van der Waals surface area contributed by atoms with Crippen molar-refractivity contribution < 1.29 is 46.7 Å². The molecule has 0 aliphatic carbocycles. The molecule has 1 unspecified atom stereocenters. The van der Waals surface area contributed by atoms with Gasteiger partial charge in [0.25, 0.3) is 0 Å².